The zero-order valence-electron chi connectivity index (χ0n) is 7.74. The first-order valence-corrected chi connectivity index (χ1v) is 4.09. The van der Waals surface area contributed by atoms with Gasteiger partial charge < -0.3 is 5.73 Å². The molecule has 0 unspecified atom stereocenters. The van der Waals surface area contributed by atoms with Gasteiger partial charge in [-0.15, -0.1) is 0 Å². The summed E-state index contributed by atoms with van der Waals surface area (Å²) in [4.78, 5) is 34.7. The molecule has 0 bridgehead atoms. The molecule has 0 aliphatic heterocycles. The molecule has 76 valence electrons. The number of hydrogen-bond acceptors (Lipinski definition) is 3. The predicted octanol–water partition coefficient (Wildman–Crippen LogP) is -1.28. The molecule has 0 aliphatic rings. The molecule has 1 heterocycles. The molecule has 1 aromatic heterocycles. The van der Waals surface area contributed by atoms with E-state index < -0.39 is 17.2 Å². The summed E-state index contributed by atoms with van der Waals surface area (Å²) >= 11 is 0. The lowest BCUT2D eigenvalue weighted by molar-refractivity contribution is -0.118. The first kappa shape index (κ1) is 10.2. The fraction of sp³-hybridized carbons (Fsp3) is 0.375. The topological polar surface area (TPSA) is 97.9 Å². The van der Waals surface area contributed by atoms with Crippen LogP contribution in [0.15, 0.2) is 15.8 Å². The molecule has 0 aliphatic carbocycles. The molecule has 0 saturated carbocycles. The molecule has 6 nitrogen and oxygen atoms in total. The number of carbonyl (C=O) groups excluding carboxylic acids is 1. The SMILES string of the molecule is Cc1cn(CCC(N)=O)c(=O)[nH]c1=O. The van der Waals surface area contributed by atoms with Gasteiger partial charge in [0.25, 0.3) is 5.56 Å². The summed E-state index contributed by atoms with van der Waals surface area (Å²) in [7, 11) is 0. The summed E-state index contributed by atoms with van der Waals surface area (Å²) in [6.07, 6.45) is 1.48. The number of aromatic nitrogens is 2. The van der Waals surface area contributed by atoms with Crippen LogP contribution in [0.4, 0.5) is 0 Å². The summed E-state index contributed by atoms with van der Waals surface area (Å²) in [5.74, 6) is -0.485. The lowest BCUT2D eigenvalue weighted by Crippen LogP contribution is -2.31. The Kier molecular flexibility index (Phi) is 2.85. The maximum Gasteiger partial charge on any atom is 0.328 e. The summed E-state index contributed by atoms with van der Waals surface area (Å²) in [6.45, 7) is 1.77. The van der Waals surface area contributed by atoms with Crippen molar-refractivity contribution in [2.75, 3.05) is 0 Å². The minimum Gasteiger partial charge on any atom is -0.370 e. The van der Waals surface area contributed by atoms with Crippen LogP contribution in [0.2, 0.25) is 0 Å². The Balaban J connectivity index is 2.99. The molecule has 0 fully saturated rings. The maximum atomic E-state index is 11.2. The lowest BCUT2D eigenvalue weighted by atomic mass is 10.3. The molecule has 1 amide bonds. The van der Waals surface area contributed by atoms with E-state index in [9.17, 15) is 14.4 Å². The van der Waals surface area contributed by atoms with Crippen molar-refractivity contribution in [3.05, 3.63) is 32.6 Å². The van der Waals surface area contributed by atoms with E-state index in [-0.39, 0.29) is 13.0 Å². The van der Waals surface area contributed by atoms with Crippen molar-refractivity contribution in [1.82, 2.24) is 9.55 Å². The van der Waals surface area contributed by atoms with Crippen LogP contribution >= 0.6 is 0 Å². The minimum atomic E-state index is -0.526. The highest BCUT2D eigenvalue weighted by Crippen LogP contribution is 1.87. The second-order valence-corrected chi connectivity index (χ2v) is 2.98. The van der Waals surface area contributed by atoms with Crippen LogP contribution in [0, 0.1) is 6.92 Å². The standard InChI is InChI=1S/C8H11N3O3/c1-5-4-11(3-2-6(9)12)8(14)10-7(5)13/h4H,2-3H2,1H3,(H2,9,12)(H,10,13,14). The Morgan fingerprint density at radius 3 is 2.79 bits per heavy atom. The summed E-state index contributed by atoms with van der Waals surface area (Å²) < 4.78 is 1.25. The molecule has 0 spiro atoms. The number of nitrogens with two attached hydrogens (primary N) is 1. The van der Waals surface area contributed by atoms with Crippen molar-refractivity contribution in [3.63, 3.8) is 0 Å². The van der Waals surface area contributed by atoms with Crippen LogP contribution in [0.3, 0.4) is 0 Å². The zero-order chi connectivity index (χ0) is 10.7. The average Bonchev–Trinajstić information content (AvgIpc) is 2.09. The van der Waals surface area contributed by atoms with Crippen LogP contribution in [0.5, 0.6) is 0 Å². The molecule has 1 aromatic rings. The van der Waals surface area contributed by atoms with Gasteiger partial charge in [-0.05, 0) is 6.92 Å². The van der Waals surface area contributed by atoms with Crippen LogP contribution in [-0.2, 0) is 11.3 Å². The van der Waals surface area contributed by atoms with Gasteiger partial charge in [0.1, 0.15) is 0 Å². The van der Waals surface area contributed by atoms with E-state index in [1.54, 1.807) is 6.92 Å². The molecular weight excluding hydrogens is 186 g/mol. The number of hydrogen-bond donors (Lipinski definition) is 2. The highest BCUT2D eigenvalue weighted by atomic mass is 16.2. The fourth-order valence-electron chi connectivity index (χ4n) is 1.02. The van der Waals surface area contributed by atoms with E-state index in [4.69, 9.17) is 5.73 Å². The van der Waals surface area contributed by atoms with E-state index in [1.807, 2.05) is 0 Å². The van der Waals surface area contributed by atoms with Gasteiger partial charge in [-0.2, -0.15) is 0 Å². The van der Waals surface area contributed by atoms with Gasteiger partial charge in [-0.3, -0.25) is 19.1 Å². The molecule has 0 aromatic carbocycles. The first-order valence-electron chi connectivity index (χ1n) is 4.09. The quantitative estimate of drug-likeness (QED) is 0.631. The highest BCUT2D eigenvalue weighted by molar-refractivity contribution is 5.73. The van der Waals surface area contributed by atoms with Crippen molar-refractivity contribution in [2.24, 2.45) is 5.73 Å². The number of carbonyl (C=O) groups is 1. The van der Waals surface area contributed by atoms with E-state index in [2.05, 4.69) is 4.98 Å². The van der Waals surface area contributed by atoms with Crippen molar-refractivity contribution in [3.8, 4) is 0 Å². The van der Waals surface area contributed by atoms with Crippen LogP contribution in [-0.4, -0.2) is 15.5 Å². The number of amides is 1. The largest absolute Gasteiger partial charge is 0.370 e. The third kappa shape index (κ3) is 2.32. The molecule has 0 atom stereocenters. The van der Waals surface area contributed by atoms with Crippen LogP contribution < -0.4 is 17.0 Å². The number of H-pyrrole nitrogens is 1. The monoisotopic (exact) mass is 197 g/mol. The Bertz CT molecular complexity index is 458. The summed E-state index contributed by atoms with van der Waals surface area (Å²) in [6, 6.07) is 0. The van der Waals surface area contributed by atoms with Gasteiger partial charge in [0.15, 0.2) is 0 Å². The highest BCUT2D eigenvalue weighted by Gasteiger charge is 2.01. The average molecular weight is 197 g/mol. The van der Waals surface area contributed by atoms with Crippen molar-refractivity contribution in [1.29, 1.82) is 0 Å². The van der Waals surface area contributed by atoms with Crippen molar-refractivity contribution in [2.45, 2.75) is 19.9 Å². The molecule has 1 rings (SSSR count). The van der Waals surface area contributed by atoms with Crippen molar-refractivity contribution >= 4 is 5.91 Å². The van der Waals surface area contributed by atoms with Gasteiger partial charge in [-0.25, -0.2) is 4.79 Å². The normalized spacial score (nSPS) is 10.1. The molecule has 0 saturated heterocycles. The molecule has 14 heavy (non-hydrogen) atoms. The minimum absolute atomic E-state index is 0.0748. The van der Waals surface area contributed by atoms with Gasteiger partial charge in [0, 0.05) is 24.7 Å². The summed E-state index contributed by atoms with van der Waals surface area (Å²) in [5.41, 5.74) is 4.42. The number of rotatable bonds is 3. The van der Waals surface area contributed by atoms with Gasteiger partial charge in [-0.1, -0.05) is 0 Å². The molecule has 0 radical (unpaired) electrons. The van der Waals surface area contributed by atoms with Crippen LogP contribution in [0.25, 0.3) is 0 Å². The van der Waals surface area contributed by atoms with E-state index in [0.717, 1.165) is 0 Å². The Morgan fingerprint density at radius 2 is 2.21 bits per heavy atom. The Labute approximate surface area is 79.4 Å². The Hall–Kier alpha value is -1.85. The number of nitrogens with one attached hydrogen (secondary N) is 1. The lowest BCUT2D eigenvalue weighted by Gasteiger charge is -2.03. The third-order valence-corrected chi connectivity index (χ3v) is 1.79. The predicted molar refractivity (Wildman–Crippen MR) is 49.9 cm³/mol. The molecular formula is C8H11N3O3. The van der Waals surface area contributed by atoms with Crippen LogP contribution in [0.1, 0.15) is 12.0 Å². The number of nitrogens with zero attached hydrogens (tertiary/aromatic N) is 1. The number of aromatic amines is 1. The zero-order valence-corrected chi connectivity index (χ0v) is 7.74. The van der Waals surface area contributed by atoms with Crippen molar-refractivity contribution < 1.29 is 4.79 Å². The van der Waals surface area contributed by atoms with E-state index >= 15 is 0 Å². The van der Waals surface area contributed by atoms with E-state index in [1.165, 1.54) is 10.8 Å². The fourth-order valence-corrected chi connectivity index (χ4v) is 1.02. The van der Waals surface area contributed by atoms with Gasteiger partial charge >= 0.3 is 5.69 Å². The maximum absolute atomic E-state index is 11.2. The second-order valence-electron chi connectivity index (χ2n) is 2.98. The molecule has 3 N–H and O–H groups in total. The third-order valence-electron chi connectivity index (χ3n) is 1.79. The van der Waals surface area contributed by atoms with E-state index in [0.29, 0.717) is 5.56 Å². The number of primary amides is 1. The number of aryl methyl sites for hydroxylation is 2. The summed E-state index contributed by atoms with van der Waals surface area (Å²) in [5, 5.41) is 0. The Morgan fingerprint density at radius 1 is 1.57 bits per heavy atom. The van der Waals surface area contributed by atoms with Gasteiger partial charge in [0.2, 0.25) is 5.91 Å². The second kappa shape index (κ2) is 3.91. The van der Waals surface area contributed by atoms with Gasteiger partial charge in [0.05, 0.1) is 0 Å². The first-order chi connectivity index (χ1) is 6.50. The smallest absolute Gasteiger partial charge is 0.328 e. The molecule has 6 heteroatoms.